The van der Waals surface area contributed by atoms with Crippen LogP contribution in [0.5, 0.6) is 5.75 Å². The van der Waals surface area contributed by atoms with Gasteiger partial charge in [-0.1, -0.05) is 31.5 Å². The second-order valence-electron chi connectivity index (χ2n) is 4.19. The molecule has 1 aromatic carbocycles. The number of ether oxygens (including phenoxy) is 1. The van der Waals surface area contributed by atoms with Crippen molar-refractivity contribution in [3.05, 3.63) is 30.3 Å². The van der Waals surface area contributed by atoms with Gasteiger partial charge in [-0.3, -0.25) is 15.5 Å². The predicted molar refractivity (Wildman–Crippen MR) is 68.9 cm³/mol. The fourth-order valence-corrected chi connectivity index (χ4v) is 1.92. The van der Waals surface area contributed by atoms with E-state index in [-0.39, 0.29) is 11.9 Å². The van der Waals surface area contributed by atoms with Crippen molar-refractivity contribution in [3.63, 3.8) is 0 Å². The molecular weight excluding hydrogens is 246 g/mol. The highest BCUT2D eigenvalue weighted by atomic mass is 16.6. The van der Waals surface area contributed by atoms with Crippen molar-refractivity contribution >= 4 is 18.0 Å². The highest BCUT2D eigenvalue weighted by Crippen LogP contribution is 2.17. The van der Waals surface area contributed by atoms with E-state index in [2.05, 4.69) is 5.32 Å². The highest BCUT2D eigenvalue weighted by Gasteiger charge is 2.40. The molecule has 0 radical (unpaired) electrons. The minimum Gasteiger partial charge on any atom is -0.410 e. The van der Waals surface area contributed by atoms with Crippen LogP contribution in [0.2, 0.25) is 0 Å². The molecule has 1 aliphatic rings. The number of carbonyl (C=O) groups excluding carboxylic acids is 2. The number of benzene rings is 1. The first-order valence-corrected chi connectivity index (χ1v) is 6.09. The molecule has 0 aliphatic carbocycles. The van der Waals surface area contributed by atoms with Gasteiger partial charge in [0.15, 0.2) is 0 Å². The number of guanidine groups is 1. The lowest BCUT2D eigenvalue weighted by Gasteiger charge is -2.20. The van der Waals surface area contributed by atoms with Gasteiger partial charge >= 0.3 is 6.09 Å². The van der Waals surface area contributed by atoms with E-state index in [1.54, 1.807) is 30.3 Å². The number of rotatable bonds is 3. The first-order chi connectivity index (χ1) is 9.13. The van der Waals surface area contributed by atoms with E-state index in [9.17, 15) is 9.59 Å². The van der Waals surface area contributed by atoms with Crippen molar-refractivity contribution in [2.75, 3.05) is 0 Å². The van der Waals surface area contributed by atoms with Gasteiger partial charge in [0.2, 0.25) is 11.9 Å². The third-order valence-corrected chi connectivity index (χ3v) is 2.80. The van der Waals surface area contributed by atoms with Gasteiger partial charge in [-0.25, -0.2) is 9.69 Å². The summed E-state index contributed by atoms with van der Waals surface area (Å²) in [5, 5.41) is 9.97. The number of carbonyl (C=O) groups is 2. The van der Waals surface area contributed by atoms with Crippen molar-refractivity contribution in [1.29, 1.82) is 5.41 Å². The number of nitrogens with one attached hydrogen (secondary N) is 2. The van der Waals surface area contributed by atoms with E-state index in [4.69, 9.17) is 10.1 Å². The number of amides is 2. The van der Waals surface area contributed by atoms with Crippen LogP contribution in [0.15, 0.2) is 30.3 Å². The Morgan fingerprint density at radius 1 is 1.42 bits per heavy atom. The molecule has 6 heteroatoms. The normalized spacial score (nSPS) is 18.4. The topological polar surface area (TPSA) is 82.5 Å². The van der Waals surface area contributed by atoms with Gasteiger partial charge < -0.3 is 4.74 Å². The molecule has 1 atom stereocenters. The van der Waals surface area contributed by atoms with E-state index in [1.165, 1.54) is 0 Å². The summed E-state index contributed by atoms with van der Waals surface area (Å²) in [6.07, 6.45) is 0.520. The molecule has 100 valence electrons. The van der Waals surface area contributed by atoms with Gasteiger partial charge in [-0.2, -0.15) is 0 Å². The number of hydrogen-bond donors (Lipinski definition) is 2. The first kappa shape index (κ1) is 13.1. The van der Waals surface area contributed by atoms with Crippen LogP contribution in [0.1, 0.15) is 19.8 Å². The van der Waals surface area contributed by atoms with E-state index >= 15 is 0 Å². The zero-order valence-electron chi connectivity index (χ0n) is 10.6. The van der Waals surface area contributed by atoms with Crippen LogP contribution < -0.4 is 10.1 Å². The number of para-hydroxylation sites is 1. The second kappa shape index (κ2) is 5.51. The molecule has 19 heavy (non-hydrogen) atoms. The van der Waals surface area contributed by atoms with E-state index in [0.29, 0.717) is 12.2 Å². The Labute approximate surface area is 110 Å². The summed E-state index contributed by atoms with van der Waals surface area (Å²) in [4.78, 5) is 24.7. The molecule has 6 nitrogen and oxygen atoms in total. The maximum atomic E-state index is 12.0. The minimum absolute atomic E-state index is 0.232. The Kier molecular flexibility index (Phi) is 3.79. The maximum Gasteiger partial charge on any atom is 0.422 e. The molecule has 1 heterocycles. The van der Waals surface area contributed by atoms with E-state index in [1.807, 2.05) is 6.92 Å². The Balaban J connectivity index is 2.12. The average molecular weight is 261 g/mol. The van der Waals surface area contributed by atoms with Gasteiger partial charge in [-0.05, 0) is 18.6 Å². The molecular formula is C13H15N3O3. The van der Waals surface area contributed by atoms with Crippen molar-refractivity contribution in [2.45, 2.75) is 25.8 Å². The monoisotopic (exact) mass is 261 g/mol. The molecule has 2 rings (SSSR count). The largest absolute Gasteiger partial charge is 0.422 e. The summed E-state index contributed by atoms with van der Waals surface area (Å²) in [5.74, 6) is -0.184. The summed E-state index contributed by atoms with van der Waals surface area (Å²) >= 11 is 0. The summed E-state index contributed by atoms with van der Waals surface area (Å²) in [5.41, 5.74) is 0. The average Bonchev–Trinajstić information content (AvgIpc) is 2.66. The highest BCUT2D eigenvalue weighted by molar-refractivity contribution is 6.11. The fraction of sp³-hybridized carbons (Fsp3) is 0.308. The lowest BCUT2D eigenvalue weighted by atomic mass is 10.1. The van der Waals surface area contributed by atoms with Crippen LogP contribution in [0.25, 0.3) is 0 Å². The molecule has 2 N–H and O–H groups in total. The molecule has 0 saturated carbocycles. The minimum atomic E-state index is -0.715. The predicted octanol–water partition coefficient (Wildman–Crippen LogP) is 1.72. The summed E-state index contributed by atoms with van der Waals surface area (Å²) in [6, 6.07) is 7.91. The third kappa shape index (κ3) is 2.73. The molecule has 1 saturated heterocycles. The van der Waals surface area contributed by atoms with Gasteiger partial charge in [0.1, 0.15) is 11.8 Å². The van der Waals surface area contributed by atoms with Crippen LogP contribution >= 0.6 is 0 Å². The summed E-state index contributed by atoms with van der Waals surface area (Å²) < 4.78 is 5.15. The molecule has 0 unspecified atom stereocenters. The van der Waals surface area contributed by atoms with Crippen LogP contribution in [0.3, 0.4) is 0 Å². The standard InChI is InChI=1S/C13H15N3O3/c1-2-6-10-11(17)15-12(14)16(10)13(18)19-9-7-4-3-5-8-9/h3-5,7-8,10H,2,6H2,1H3,(H2,14,15,17)/t10-/m0/s1. The Hall–Kier alpha value is -2.37. The van der Waals surface area contributed by atoms with Crippen LogP contribution in [-0.4, -0.2) is 28.9 Å². The fourth-order valence-electron chi connectivity index (χ4n) is 1.92. The maximum absolute atomic E-state index is 12.0. The summed E-state index contributed by atoms with van der Waals surface area (Å²) in [6.45, 7) is 1.91. The van der Waals surface area contributed by atoms with Gasteiger partial charge in [0.05, 0.1) is 0 Å². The van der Waals surface area contributed by atoms with Crippen molar-refractivity contribution in [1.82, 2.24) is 10.2 Å². The molecule has 1 aliphatic heterocycles. The second-order valence-corrected chi connectivity index (χ2v) is 4.19. The third-order valence-electron chi connectivity index (χ3n) is 2.80. The van der Waals surface area contributed by atoms with E-state index < -0.39 is 12.1 Å². The van der Waals surface area contributed by atoms with Crippen LogP contribution in [-0.2, 0) is 4.79 Å². The molecule has 1 aromatic rings. The Morgan fingerprint density at radius 3 is 2.74 bits per heavy atom. The number of hydrogen-bond acceptors (Lipinski definition) is 4. The SMILES string of the molecule is CCC[C@H]1C(=O)NC(=N)N1C(=O)Oc1ccccc1. The van der Waals surface area contributed by atoms with Gasteiger partial charge in [0.25, 0.3) is 0 Å². The zero-order valence-corrected chi connectivity index (χ0v) is 10.6. The smallest absolute Gasteiger partial charge is 0.410 e. The zero-order chi connectivity index (χ0) is 13.8. The molecule has 0 aromatic heterocycles. The van der Waals surface area contributed by atoms with Crippen LogP contribution in [0, 0.1) is 5.41 Å². The van der Waals surface area contributed by atoms with E-state index in [0.717, 1.165) is 11.3 Å². The Bertz CT molecular complexity index is 501. The van der Waals surface area contributed by atoms with Crippen molar-refractivity contribution < 1.29 is 14.3 Å². The molecule has 1 fully saturated rings. The molecule has 0 bridgehead atoms. The first-order valence-electron chi connectivity index (χ1n) is 6.09. The molecule has 0 spiro atoms. The quantitative estimate of drug-likeness (QED) is 0.869. The van der Waals surface area contributed by atoms with Crippen LogP contribution in [0.4, 0.5) is 4.79 Å². The molecule has 2 amide bonds. The van der Waals surface area contributed by atoms with Crippen molar-refractivity contribution in [3.8, 4) is 5.75 Å². The summed E-state index contributed by atoms with van der Waals surface area (Å²) in [7, 11) is 0. The van der Waals surface area contributed by atoms with Crippen molar-refractivity contribution in [2.24, 2.45) is 0 Å². The lowest BCUT2D eigenvalue weighted by molar-refractivity contribution is -0.121. The number of nitrogens with zero attached hydrogens (tertiary/aromatic N) is 1. The van der Waals surface area contributed by atoms with Gasteiger partial charge in [-0.15, -0.1) is 0 Å². The van der Waals surface area contributed by atoms with Gasteiger partial charge in [0, 0.05) is 0 Å². The Morgan fingerprint density at radius 2 is 2.11 bits per heavy atom. The lowest BCUT2D eigenvalue weighted by Crippen LogP contribution is -2.42.